The minimum atomic E-state index is -0.935. The topological polar surface area (TPSA) is 97.8 Å². The van der Waals surface area contributed by atoms with Crippen LogP contribution in [0, 0.1) is 0 Å². The van der Waals surface area contributed by atoms with Gasteiger partial charge in [0, 0.05) is 12.3 Å². The number of aromatic hydroxyl groups is 1. The van der Waals surface area contributed by atoms with E-state index < -0.39 is 23.3 Å². The minimum Gasteiger partial charge on any atom is -0.503 e. The van der Waals surface area contributed by atoms with E-state index in [-0.39, 0.29) is 23.3 Å². The van der Waals surface area contributed by atoms with Gasteiger partial charge in [-0.15, -0.1) is 0 Å². The van der Waals surface area contributed by atoms with Crippen LogP contribution in [0.1, 0.15) is 41.4 Å². The molecule has 7 nitrogen and oxygen atoms in total. The molecule has 1 heterocycles. The monoisotopic (exact) mass is 446 g/mol. The molecule has 0 radical (unpaired) electrons. The molecule has 1 aromatic heterocycles. The van der Waals surface area contributed by atoms with E-state index in [1.54, 1.807) is 6.92 Å². The van der Waals surface area contributed by atoms with Crippen LogP contribution < -0.4 is 10.1 Å². The van der Waals surface area contributed by atoms with Gasteiger partial charge in [0.25, 0.3) is 5.91 Å². The van der Waals surface area contributed by atoms with Gasteiger partial charge in [-0.25, -0.2) is 9.78 Å². The molecule has 1 amide bonds. The van der Waals surface area contributed by atoms with Crippen LogP contribution in [0.25, 0.3) is 0 Å². The van der Waals surface area contributed by atoms with Crippen LogP contribution in [0.15, 0.2) is 72.9 Å². The highest BCUT2D eigenvalue weighted by molar-refractivity contribution is 5.97. The Hall–Kier alpha value is -3.87. The number of pyridine rings is 1. The molecule has 2 N–H and O–H groups in total. The second-order valence-electron chi connectivity index (χ2n) is 8.07. The number of carbonyl (C=O) groups is 2. The number of hydrogen-bond donors (Lipinski definition) is 2. The molecule has 0 bridgehead atoms. The zero-order chi connectivity index (χ0) is 23.4. The molecule has 1 fully saturated rings. The molecule has 3 aromatic rings. The summed E-state index contributed by atoms with van der Waals surface area (Å²) in [6.45, 7) is 1.54. The van der Waals surface area contributed by atoms with E-state index in [4.69, 9.17) is 9.47 Å². The maximum Gasteiger partial charge on any atom is 0.328 e. The van der Waals surface area contributed by atoms with E-state index in [1.807, 2.05) is 36.4 Å². The van der Waals surface area contributed by atoms with E-state index in [9.17, 15) is 14.7 Å². The number of esters is 1. The first-order valence-electron chi connectivity index (χ1n) is 10.8. The molecule has 1 aliphatic carbocycles. The van der Waals surface area contributed by atoms with Crippen molar-refractivity contribution in [3.63, 3.8) is 0 Å². The van der Waals surface area contributed by atoms with E-state index in [1.165, 1.54) is 19.4 Å². The summed E-state index contributed by atoms with van der Waals surface area (Å²) in [5.41, 5.74) is 1.51. The van der Waals surface area contributed by atoms with Gasteiger partial charge >= 0.3 is 5.97 Å². The fourth-order valence-corrected chi connectivity index (χ4v) is 4.34. The highest BCUT2D eigenvalue weighted by Crippen LogP contribution is 2.50. The number of nitrogens with one attached hydrogen (secondary N) is 1. The van der Waals surface area contributed by atoms with Gasteiger partial charge in [-0.05, 0) is 30.9 Å². The molecule has 2 aromatic carbocycles. The highest BCUT2D eigenvalue weighted by Gasteiger charge is 2.52. The Kier molecular flexibility index (Phi) is 6.31. The Labute approximate surface area is 192 Å². The first-order chi connectivity index (χ1) is 16.0. The minimum absolute atomic E-state index is 0.121. The lowest BCUT2D eigenvalue weighted by molar-refractivity contribution is -0.160. The summed E-state index contributed by atoms with van der Waals surface area (Å²) in [4.78, 5) is 29.4. The second-order valence-corrected chi connectivity index (χ2v) is 8.07. The molecular weight excluding hydrogens is 420 g/mol. The van der Waals surface area contributed by atoms with Crippen molar-refractivity contribution in [3.05, 3.63) is 89.7 Å². The molecule has 1 aliphatic rings. The third-order valence-electron chi connectivity index (χ3n) is 6.21. The summed E-state index contributed by atoms with van der Waals surface area (Å²) in [5, 5.41) is 12.7. The van der Waals surface area contributed by atoms with Gasteiger partial charge in [0.1, 0.15) is 12.1 Å². The molecule has 4 rings (SSSR count). The zero-order valence-electron chi connectivity index (χ0n) is 18.5. The Morgan fingerprint density at radius 1 is 1.06 bits per heavy atom. The van der Waals surface area contributed by atoms with E-state index in [0.717, 1.165) is 17.5 Å². The van der Waals surface area contributed by atoms with Crippen molar-refractivity contribution in [3.8, 4) is 11.5 Å². The Morgan fingerprint density at radius 2 is 1.67 bits per heavy atom. The molecule has 7 heteroatoms. The number of nitrogens with zero attached hydrogens (tertiary/aromatic N) is 1. The summed E-state index contributed by atoms with van der Waals surface area (Å²) < 4.78 is 10.9. The first-order valence-corrected chi connectivity index (χ1v) is 10.8. The lowest BCUT2D eigenvalue weighted by Crippen LogP contribution is -2.53. The lowest BCUT2D eigenvalue weighted by atomic mass is 9.58. The van der Waals surface area contributed by atoms with Crippen LogP contribution in [0.4, 0.5) is 0 Å². The number of carbonyl (C=O) groups excluding carboxylic acids is 2. The number of rotatable bonds is 7. The summed E-state index contributed by atoms with van der Waals surface area (Å²) in [6, 6.07) is 20.5. The third-order valence-corrected chi connectivity index (χ3v) is 6.21. The molecule has 33 heavy (non-hydrogen) atoms. The highest BCUT2D eigenvalue weighted by atomic mass is 16.5. The van der Waals surface area contributed by atoms with Gasteiger partial charge in [-0.2, -0.15) is 0 Å². The van der Waals surface area contributed by atoms with Gasteiger partial charge in [-0.3, -0.25) is 4.79 Å². The fraction of sp³-hybridized carbons (Fsp3) is 0.269. The van der Waals surface area contributed by atoms with Crippen molar-refractivity contribution in [2.45, 2.75) is 37.3 Å². The molecular formula is C26H26N2O5. The number of amides is 1. The predicted octanol–water partition coefficient (Wildman–Crippen LogP) is 3.61. The number of benzene rings is 2. The average molecular weight is 447 g/mol. The first kappa shape index (κ1) is 22.3. The largest absolute Gasteiger partial charge is 0.503 e. The van der Waals surface area contributed by atoms with Crippen LogP contribution in [0.5, 0.6) is 11.5 Å². The summed E-state index contributed by atoms with van der Waals surface area (Å²) in [5.74, 6) is -1.51. The van der Waals surface area contributed by atoms with Crippen molar-refractivity contribution >= 4 is 11.9 Å². The van der Waals surface area contributed by atoms with Crippen LogP contribution in [-0.2, 0) is 14.9 Å². The third kappa shape index (κ3) is 4.14. The Bertz CT molecular complexity index is 1090. The molecule has 1 saturated carbocycles. The van der Waals surface area contributed by atoms with Crippen molar-refractivity contribution in [2.75, 3.05) is 7.11 Å². The number of ether oxygens (including phenoxy) is 2. The van der Waals surface area contributed by atoms with E-state index in [0.29, 0.717) is 6.42 Å². The van der Waals surface area contributed by atoms with Crippen molar-refractivity contribution in [1.82, 2.24) is 10.3 Å². The summed E-state index contributed by atoms with van der Waals surface area (Å²) in [6.07, 6.45) is 2.55. The Balaban J connectivity index is 1.51. The molecule has 2 atom stereocenters. The standard InChI is InChI=1S/C26H26N2O5/c1-17(28-24(30)22-23(29)20(32-2)14-16-27-22)25(31)33-21-13-15-26(21,18-9-5-3-6-10-18)19-11-7-4-8-12-19/h3-12,14,16-17,21,29H,13,15H2,1-2H3,(H,28,30)/t17-,21?/m0/s1. The molecule has 170 valence electrons. The second kappa shape index (κ2) is 9.32. The van der Waals surface area contributed by atoms with Crippen molar-refractivity contribution in [1.29, 1.82) is 0 Å². The molecule has 0 saturated heterocycles. The molecule has 0 aliphatic heterocycles. The van der Waals surface area contributed by atoms with Crippen LogP contribution in [-0.4, -0.2) is 41.2 Å². The van der Waals surface area contributed by atoms with Gasteiger partial charge in [0.15, 0.2) is 17.2 Å². The van der Waals surface area contributed by atoms with Crippen molar-refractivity contribution < 1.29 is 24.2 Å². The smallest absolute Gasteiger partial charge is 0.328 e. The summed E-state index contributed by atoms with van der Waals surface area (Å²) >= 11 is 0. The van der Waals surface area contributed by atoms with Gasteiger partial charge in [0.05, 0.1) is 12.5 Å². The Morgan fingerprint density at radius 3 is 2.18 bits per heavy atom. The van der Waals surface area contributed by atoms with Gasteiger partial charge < -0.3 is 19.9 Å². The SMILES string of the molecule is COc1ccnc(C(=O)N[C@@H](C)C(=O)OC2CCC2(c2ccccc2)c2ccccc2)c1O. The van der Waals surface area contributed by atoms with Crippen LogP contribution in [0.2, 0.25) is 0 Å². The van der Waals surface area contributed by atoms with Crippen LogP contribution in [0.3, 0.4) is 0 Å². The quantitative estimate of drug-likeness (QED) is 0.538. The lowest BCUT2D eigenvalue weighted by Gasteiger charge is -2.49. The fourth-order valence-electron chi connectivity index (χ4n) is 4.34. The molecule has 0 spiro atoms. The van der Waals surface area contributed by atoms with E-state index >= 15 is 0 Å². The van der Waals surface area contributed by atoms with Gasteiger partial charge in [0.2, 0.25) is 0 Å². The predicted molar refractivity (Wildman–Crippen MR) is 122 cm³/mol. The van der Waals surface area contributed by atoms with Crippen molar-refractivity contribution in [2.24, 2.45) is 0 Å². The van der Waals surface area contributed by atoms with E-state index in [2.05, 4.69) is 34.6 Å². The average Bonchev–Trinajstić information content (AvgIpc) is 2.83. The maximum absolute atomic E-state index is 12.9. The van der Waals surface area contributed by atoms with Gasteiger partial charge in [-0.1, -0.05) is 60.7 Å². The normalized spacial score (nSPS) is 17.3. The van der Waals surface area contributed by atoms with Crippen LogP contribution >= 0.6 is 0 Å². The number of hydrogen-bond acceptors (Lipinski definition) is 6. The maximum atomic E-state index is 12.9. The number of aromatic nitrogens is 1. The molecule has 1 unspecified atom stereocenters. The number of methoxy groups -OCH3 is 1. The summed E-state index contributed by atoms with van der Waals surface area (Å²) in [7, 11) is 1.38. The zero-order valence-corrected chi connectivity index (χ0v) is 18.5.